The molecule has 0 N–H and O–H groups in total. The maximum absolute atomic E-state index is 9.12. The molecule has 0 fully saturated rings. The van der Waals surface area contributed by atoms with Gasteiger partial charge in [0.25, 0.3) is 0 Å². The fourth-order valence-electron chi connectivity index (χ4n) is 2.66. The van der Waals surface area contributed by atoms with Crippen molar-refractivity contribution >= 4 is 5.82 Å². The lowest BCUT2D eigenvalue weighted by atomic mass is 9.99. The Morgan fingerprint density at radius 3 is 2.86 bits per heavy atom. The third-order valence-electron chi connectivity index (χ3n) is 3.94. The Morgan fingerprint density at radius 2 is 2.10 bits per heavy atom. The molecule has 106 valence electrons. The van der Waals surface area contributed by atoms with Crippen molar-refractivity contribution in [2.75, 3.05) is 18.6 Å². The summed E-state index contributed by atoms with van der Waals surface area (Å²) in [6.07, 6.45) is 0.983. The number of hydrogen-bond donors (Lipinski definition) is 0. The first-order valence-electron chi connectivity index (χ1n) is 7.00. The second-order valence-corrected chi connectivity index (χ2v) is 5.25. The van der Waals surface area contributed by atoms with Gasteiger partial charge in [0.05, 0.1) is 7.11 Å². The van der Waals surface area contributed by atoms with Crippen molar-refractivity contribution in [1.29, 1.82) is 5.26 Å². The molecule has 0 saturated heterocycles. The average Bonchev–Trinajstić information content (AvgIpc) is 2.54. The second kappa shape index (κ2) is 5.45. The molecule has 1 aromatic carbocycles. The van der Waals surface area contributed by atoms with Gasteiger partial charge in [0.2, 0.25) is 0 Å². The molecular formula is C17H17N3O. The predicted molar refractivity (Wildman–Crippen MR) is 81.4 cm³/mol. The summed E-state index contributed by atoms with van der Waals surface area (Å²) in [6, 6.07) is 12.3. The van der Waals surface area contributed by atoms with Gasteiger partial charge < -0.3 is 9.64 Å². The second-order valence-electron chi connectivity index (χ2n) is 5.25. The average molecular weight is 279 g/mol. The van der Waals surface area contributed by atoms with Crippen molar-refractivity contribution in [2.24, 2.45) is 0 Å². The summed E-state index contributed by atoms with van der Waals surface area (Å²) in [4.78, 5) is 6.67. The summed E-state index contributed by atoms with van der Waals surface area (Å²) in [5, 5.41) is 9.12. The Morgan fingerprint density at radius 1 is 1.24 bits per heavy atom. The summed E-state index contributed by atoms with van der Waals surface area (Å²) in [5.41, 5.74) is 4.05. The van der Waals surface area contributed by atoms with E-state index in [0.717, 1.165) is 36.6 Å². The SMILES string of the molecule is COc1ccc2c(c1)CN(c1ccc(C)c(C#N)n1)CC2. The molecular weight excluding hydrogens is 262 g/mol. The molecule has 2 heterocycles. The van der Waals surface area contributed by atoms with Crippen molar-refractivity contribution in [3.05, 3.63) is 52.7 Å². The van der Waals surface area contributed by atoms with Gasteiger partial charge in [-0.1, -0.05) is 12.1 Å². The minimum atomic E-state index is 0.504. The van der Waals surface area contributed by atoms with Crippen LogP contribution >= 0.6 is 0 Å². The molecule has 0 aliphatic carbocycles. The number of nitriles is 1. The number of rotatable bonds is 2. The van der Waals surface area contributed by atoms with E-state index in [0.29, 0.717) is 5.69 Å². The zero-order chi connectivity index (χ0) is 14.8. The van der Waals surface area contributed by atoms with Gasteiger partial charge in [0, 0.05) is 13.1 Å². The number of hydrogen-bond acceptors (Lipinski definition) is 4. The van der Waals surface area contributed by atoms with Gasteiger partial charge in [-0.2, -0.15) is 5.26 Å². The molecule has 3 rings (SSSR count). The molecule has 2 aromatic rings. The van der Waals surface area contributed by atoms with E-state index >= 15 is 0 Å². The van der Waals surface area contributed by atoms with Crippen LogP contribution in [0.3, 0.4) is 0 Å². The highest BCUT2D eigenvalue weighted by Gasteiger charge is 2.18. The Kier molecular flexibility index (Phi) is 3.49. The molecule has 0 radical (unpaired) electrons. The maximum Gasteiger partial charge on any atom is 0.145 e. The van der Waals surface area contributed by atoms with Crippen LogP contribution in [0.25, 0.3) is 0 Å². The Balaban J connectivity index is 1.90. The molecule has 4 nitrogen and oxygen atoms in total. The summed E-state index contributed by atoms with van der Waals surface area (Å²) >= 11 is 0. The fourth-order valence-corrected chi connectivity index (χ4v) is 2.66. The Bertz CT molecular complexity index is 718. The number of fused-ring (bicyclic) bond motifs is 1. The first-order chi connectivity index (χ1) is 10.2. The number of pyridine rings is 1. The fraction of sp³-hybridized carbons (Fsp3) is 0.294. The first-order valence-corrected chi connectivity index (χ1v) is 7.00. The molecule has 0 spiro atoms. The van der Waals surface area contributed by atoms with Crippen molar-refractivity contribution in [2.45, 2.75) is 19.9 Å². The van der Waals surface area contributed by atoms with E-state index in [4.69, 9.17) is 10.00 Å². The number of ether oxygens (including phenoxy) is 1. The van der Waals surface area contributed by atoms with Crippen LogP contribution in [0.2, 0.25) is 0 Å². The van der Waals surface area contributed by atoms with E-state index in [9.17, 15) is 0 Å². The maximum atomic E-state index is 9.12. The van der Waals surface area contributed by atoms with Crippen LogP contribution in [0.1, 0.15) is 22.4 Å². The van der Waals surface area contributed by atoms with Gasteiger partial charge in [-0.25, -0.2) is 4.98 Å². The predicted octanol–water partition coefficient (Wildman–Crippen LogP) is 2.83. The summed E-state index contributed by atoms with van der Waals surface area (Å²) in [7, 11) is 1.68. The zero-order valence-corrected chi connectivity index (χ0v) is 12.3. The Labute approximate surface area is 124 Å². The van der Waals surface area contributed by atoms with E-state index in [1.54, 1.807) is 7.11 Å². The van der Waals surface area contributed by atoms with Gasteiger partial charge in [0.1, 0.15) is 23.3 Å². The number of benzene rings is 1. The normalized spacial score (nSPS) is 13.5. The molecule has 21 heavy (non-hydrogen) atoms. The van der Waals surface area contributed by atoms with Crippen LogP contribution < -0.4 is 9.64 Å². The van der Waals surface area contributed by atoms with Gasteiger partial charge in [-0.05, 0) is 48.2 Å². The van der Waals surface area contributed by atoms with Gasteiger partial charge in [-0.3, -0.25) is 0 Å². The highest BCUT2D eigenvalue weighted by molar-refractivity contribution is 5.49. The first kappa shape index (κ1) is 13.4. The minimum absolute atomic E-state index is 0.504. The molecule has 0 saturated carbocycles. The minimum Gasteiger partial charge on any atom is -0.497 e. The summed E-state index contributed by atoms with van der Waals surface area (Å²) < 4.78 is 5.30. The molecule has 0 amide bonds. The van der Waals surface area contributed by atoms with Crippen LogP contribution in [0, 0.1) is 18.3 Å². The van der Waals surface area contributed by atoms with Crippen molar-refractivity contribution in [3.8, 4) is 11.8 Å². The topological polar surface area (TPSA) is 49.1 Å². The van der Waals surface area contributed by atoms with E-state index in [1.807, 2.05) is 25.1 Å². The van der Waals surface area contributed by atoms with Crippen LogP contribution in [-0.2, 0) is 13.0 Å². The molecule has 0 bridgehead atoms. The number of aromatic nitrogens is 1. The van der Waals surface area contributed by atoms with Crippen LogP contribution in [0.15, 0.2) is 30.3 Å². The van der Waals surface area contributed by atoms with Crippen molar-refractivity contribution < 1.29 is 4.74 Å². The number of methoxy groups -OCH3 is 1. The third-order valence-corrected chi connectivity index (χ3v) is 3.94. The zero-order valence-electron chi connectivity index (χ0n) is 12.3. The number of nitrogens with zero attached hydrogens (tertiary/aromatic N) is 3. The molecule has 0 atom stereocenters. The third kappa shape index (κ3) is 2.55. The molecule has 1 aromatic heterocycles. The smallest absolute Gasteiger partial charge is 0.145 e. The van der Waals surface area contributed by atoms with Gasteiger partial charge in [0.15, 0.2) is 0 Å². The molecule has 0 unspecified atom stereocenters. The lowest BCUT2D eigenvalue weighted by Gasteiger charge is -2.30. The standard InChI is InChI=1S/C17H17N3O/c1-12-3-6-17(19-16(12)10-18)20-8-7-13-4-5-15(21-2)9-14(13)11-20/h3-6,9H,7-8,11H2,1-2H3. The van der Waals surface area contributed by atoms with E-state index in [2.05, 4.69) is 28.1 Å². The van der Waals surface area contributed by atoms with Crippen LogP contribution in [-0.4, -0.2) is 18.6 Å². The van der Waals surface area contributed by atoms with E-state index in [1.165, 1.54) is 11.1 Å². The monoisotopic (exact) mass is 279 g/mol. The van der Waals surface area contributed by atoms with E-state index < -0.39 is 0 Å². The Hall–Kier alpha value is -2.54. The summed E-state index contributed by atoms with van der Waals surface area (Å²) in [5.74, 6) is 1.75. The van der Waals surface area contributed by atoms with E-state index in [-0.39, 0.29) is 0 Å². The molecule has 1 aliphatic rings. The van der Waals surface area contributed by atoms with Gasteiger partial charge >= 0.3 is 0 Å². The summed E-state index contributed by atoms with van der Waals surface area (Å²) in [6.45, 7) is 3.62. The molecule has 4 heteroatoms. The van der Waals surface area contributed by atoms with Crippen LogP contribution in [0.5, 0.6) is 5.75 Å². The number of anilines is 1. The van der Waals surface area contributed by atoms with Gasteiger partial charge in [-0.15, -0.1) is 0 Å². The quantitative estimate of drug-likeness (QED) is 0.848. The molecule has 1 aliphatic heterocycles. The highest BCUT2D eigenvalue weighted by atomic mass is 16.5. The van der Waals surface area contributed by atoms with Crippen molar-refractivity contribution in [3.63, 3.8) is 0 Å². The lowest BCUT2D eigenvalue weighted by molar-refractivity contribution is 0.413. The van der Waals surface area contributed by atoms with Crippen molar-refractivity contribution in [1.82, 2.24) is 4.98 Å². The number of aryl methyl sites for hydroxylation is 1. The lowest BCUT2D eigenvalue weighted by Crippen LogP contribution is -2.31. The largest absolute Gasteiger partial charge is 0.497 e. The van der Waals surface area contributed by atoms with Crippen LogP contribution in [0.4, 0.5) is 5.82 Å². The highest BCUT2D eigenvalue weighted by Crippen LogP contribution is 2.26.